The Bertz CT molecular complexity index is 925. The third kappa shape index (κ3) is 3.10. The molecule has 0 saturated heterocycles. The summed E-state index contributed by atoms with van der Waals surface area (Å²) in [5.41, 5.74) is 2.73. The number of carbonyl (C=O) groups excluding carboxylic acids is 1. The van der Waals surface area contributed by atoms with E-state index in [0.29, 0.717) is 12.1 Å². The van der Waals surface area contributed by atoms with Crippen LogP contribution in [0.3, 0.4) is 0 Å². The van der Waals surface area contributed by atoms with E-state index in [-0.39, 0.29) is 24.2 Å². The van der Waals surface area contributed by atoms with Crippen LogP contribution in [-0.4, -0.2) is 49.6 Å². The van der Waals surface area contributed by atoms with Crippen LogP contribution in [0.1, 0.15) is 17.2 Å². The maximum atomic E-state index is 14.3. The summed E-state index contributed by atoms with van der Waals surface area (Å²) in [6.45, 7) is 1.56. The zero-order valence-electron chi connectivity index (χ0n) is 15.3. The lowest BCUT2D eigenvalue weighted by Gasteiger charge is -2.39. The van der Waals surface area contributed by atoms with Crippen molar-refractivity contribution < 1.29 is 13.6 Å². The number of hydrogen-bond acceptors (Lipinski definition) is 2. The van der Waals surface area contributed by atoms with E-state index in [1.165, 1.54) is 6.07 Å². The van der Waals surface area contributed by atoms with Crippen molar-refractivity contribution in [2.75, 3.05) is 38.6 Å². The van der Waals surface area contributed by atoms with Crippen molar-refractivity contribution in [1.29, 1.82) is 0 Å². The van der Waals surface area contributed by atoms with Gasteiger partial charge in [0.05, 0.1) is 11.7 Å². The predicted molar refractivity (Wildman–Crippen MR) is 102 cm³/mol. The van der Waals surface area contributed by atoms with Gasteiger partial charge in [0.1, 0.15) is 11.6 Å². The summed E-state index contributed by atoms with van der Waals surface area (Å²) in [5, 5.41) is 0. The van der Waals surface area contributed by atoms with E-state index in [0.717, 1.165) is 29.9 Å². The summed E-state index contributed by atoms with van der Waals surface area (Å²) in [6, 6.07) is 10.8. The minimum atomic E-state index is -0.489. The highest BCUT2D eigenvalue weighted by molar-refractivity contribution is 5.98. The van der Waals surface area contributed by atoms with Gasteiger partial charge in [0.15, 0.2) is 0 Å². The Balaban J connectivity index is 1.73. The van der Waals surface area contributed by atoms with Crippen molar-refractivity contribution in [3.05, 3.63) is 71.3 Å². The van der Waals surface area contributed by atoms with Gasteiger partial charge in [-0.3, -0.25) is 4.90 Å². The van der Waals surface area contributed by atoms with Crippen molar-refractivity contribution in [2.45, 2.75) is 6.04 Å². The molecule has 2 aromatic carbocycles. The van der Waals surface area contributed by atoms with Gasteiger partial charge in [-0.2, -0.15) is 0 Å². The molecule has 0 radical (unpaired) electrons. The molecule has 4 nitrogen and oxygen atoms in total. The Morgan fingerprint density at radius 2 is 1.93 bits per heavy atom. The number of rotatable bonds is 4. The van der Waals surface area contributed by atoms with E-state index in [1.807, 2.05) is 49.3 Å². The van der Waals surface area contributed by atoms with E-state index >= 15 is 0 Å². The van der Waals surface area contributed by atoms with E-state index < -0.39 is 11.6 Å². The number of urea groups is 1. The molecule has 2 aliphatic rings. The molecule has 0 saturated carbocycles. The Labute approximate surface area is 157 Å². The molecule has 1 unspecified atom stereocenters. The second-order valence-corrected chi connectivity index (χ2v) is 7.19. The number of likely N-dealkylation sites (N-methyl/N-ethyl adjacent to an activating group) is 1. The average Bonchev–Trinajstić information content (AvgIpc) is 3.09. The fraction of sp³-hybridized carbons (Fsp3) is 0.286. The predicted octanol–water partition coefficient (Wildman–Crippen LogP) is 3.91. The van der Waals surface area contributed by atoms with Crippen molar-refractivity contribution in [1.82, 2.24) is 9.80 Å². The Hall–Kier alpha value is -2.73. The monoisotopic (exact) mass is 369 g/mol. The molecule has 0 fully saturated rings. The van der Waals surface area contributed by atoms with Crippen LogP contribution < -0.4 is 4.90 Å². The number of para-hydroxylation sites is 1. The fourth-order valence-electron chi connectivity index (χ4n) is 3.74. The molecule has 0 aliphatic carbocycles. The lowest BCUT2D eigenvalue weighted by molar-refractivity contribution is 0.199. The van der Waals surface area contributed by atoms with Crippen molar-refractivity contribution >= 4 is 17.3 Å². The van der Waals surface area contributed by atoms with Crippen LogP contribution in [0.15, 0.2) is 48.5 Å². The van der Waals surface area contributed by atoms with E-state index in [1.54, 1.807) is 9.80 Å². The number of benzene rings is 2. The van der Waals surface area contributed by atoms with Crippen LogP contribution in [0.2, 0.25) is 0 Å². The lowest BCUT2D eigenvalue weighted by atomic mass is 10.00. The summed E-state index contributed by atoms with van der Waals surface area (Å²) in [6.07, 6.45) is 1.87. The van der Waals surface area contributed by atoms with Gasteiger partial charge in [-0.25, -0.2) is 13.6 Å². The second kappa shape index (κ2) is 6.78. The molecule has 2 heterocycles. The SMILES string of the molecule is CN(C)CCN1C(=O)N2CC(c3cc(F)ccc3F)=CC2c2ccccc21. The van der Waals surface area contributed by atoms with Crippen LogP contribution >= 0.6 is 0 Å². The van der Waals surface area contributed by atoms with E-state index in [2.05, 4.69) is 0 Å². The van der Waals surface area contributed by atoms with Crippen LogP contribution in [0, 0.1) is 11.6 Å². The summed E-state index contributed by atoms with van der Waals surface area (Å²) < 4.78 is 27.9. The third-order valence-electron chi connectivity index (χ3n) is 5.10. The number of hydrogen-bond donors (Lipinski definition) is 0. The molecule has 6 heteroatoms. The second-order valence-electron chi connectivity index (χ2n) is 7.19. The lowest BCUT2D eigenvalue weighted by Crippen LogP contribution is -2.49. The van der Waals surface area contributed by atoms with Crippen molar-refractivity contribution in [3.63, 3.8) is 0 Å². The van der Waals surface area contributed by atoms with Gasteiger partial charge in [0.25, 0.3) is 0 Å². The standard InChI is InChI=1S/C21H21F2N3O/c1-24(2)9-10-25-19-6-4-3-5-16(19)20-11-14(13-26(20)21(25)27)17-12-15(22)7-8-18(17)23/h3-8,11-12,20H,9-10,13H2,1-2H3. The molecule has 1 atom stereocenters. The molecule has 0 spiro atoms. The highest BCUT2D eigenvalue weighted by atomic mass is 19.1. The number of halogens is 2. The van der Waals surface area contributed by atoms with Crippen LogP contribution in [0.4, 0.5) is 19.3 Å². The van der Waals surface area contributed by atoms with E-state index in [9.17, 15) is 13.6 Å². The Morgan fingerprint density at radius 1 is 1.15 bits per heavy atom. The molecule has 0 aromatic heterocycles. The highest BCUT2D eigenvalue weighted by Crippen LogP contribution is 2.43. The quantitative estimate of drug-likeness (QED) is 0.817. The molecule has 27 heavy (non-hydrogen) atoms. The number of carbonyl (C=O) groups is 1. The molecule has 2 amide bonds. The first-order valence-corrected chi connectivity index (χ1v) is 8.93. The molecule has 0 bridgehead atoms. The minimum Gasteiger partial charge on any atom is -0.309 e. The molecule has 2 aromatic rings. The first-order chi connectivity index (χ1) is 13.0. The van der Waals surface area contributed by atoms with Gasteiger partial charge >= 0.3 is 6.03 Å². The summed E-state index contributed by atoms with van der Waals surface area (Å²) in [7, 11) is 3.93. The number of fused-ring (bicyclic) bond motifs is 3. The summed E-state index contributed by atoms with van der Waals surface area (Å²) >= 11 is 0. The molecular formula is C21H21F2N3O. The molecule has 4 rings (SSSR count). The normalized spacial score (nSPS) is 18.6. The van der Waals surface area contributed by atoms with E-state index in [4.69, 9.17) is 0 Å². The zero-order valence-corrected chi connectivity index (χ0v) is 15.3. The fourth-order valence-corrected chi connectivity index (χ4v) is 3.74. The molecule has 0 N–H and O–H groups in total. The first-order valence-electron chi connectivity index (χ1n) is 8.93. The maximum Gasteiger partial charge on any atom is 0.325 e. The van der Waals surface area contributed by atoms with Crippen molar-refractivity contribution in [2.24, 2.45) is 0 Å². The smallest absolute Gasteiger partial charge is 0.309 e. The summed E-state index contributed by atoms with van der Waals surface area (Å²) in [4.78, 5) is 18.7. The van der Waals surface area contributed by atoms with Gasteiger partial charge in [0, 0.05) is 30.8 Å². The van der Waals surface area contributed by atoms with Gasteiger partial charge in [-0.1, -0.05) is 24.3 Å². The molecular weight excluding hydrogens is 348 g/mol. The van der Waals surface area contributed by atoms with Gasteiger partial charge in [-0.05, 0) is 43.9 Å². The van der Waals surface area contributed by atoms with Crippen LogP contribution in [0.5, 0.6) is 0 Å². The zero-order chi connectivity index (χ0) is 19.1. The third-order valence-corrected chi connectivity index (χ3v) is 5.10. The van der Waals surface area contributed by atoms with Crippen LogP contribution in [0.25, 0.3) is 5.57 Å². The summed E-state index contributed by atoms with van der Waals surface area (Å²) in [5.74, 6) is -0.968. The minimum absolute atomic E-state index is 0.108. The average molecular weight is 369 g/mol. The van der Waals surface area contributed by atoms with Crippen molar-refractivity contribution in [3.8, 4) is 0 Å². The highest BCUT2D eigenvalue weighted by Gasteiger charge is 2.40. The molecule has 2 aliphatic heterocycles. The number of nitrogens with zero attached hydrogens (tertiary/aromatic N) is 3. The number of anilines is 1. The first kappa shape index (κ1) is 17.7. The van der Waals surface area contributed by atoms with Gasteiger partial charge in [-0.15, -0.1) is 0 Å². The Kier molecular flexibility index (Phi) is 4.44. The molecule has 140 valence electrons. The van der Waals surface area contributed by atoms with Crippen LogP contribution in [-0.2, 0) is 0 Å². The van der Waals surface area contributed by atoms with Gasteiger partial charge < -0.3 is 9.80 Å². The largest absolute Gasteiger partial charge is 0.325 e. The maximum absolute atomic E-state index is 14.3. The number of amides is 2. The topological polar surface area (TPSA) is 26.8 Å². The van der Waals surface area contributed by atoms with Gasteiger partial charge in [0.2, 0.25) is 0 Å². The Morgan fingerprint density at radius 3 is 2.70 bits per heavy atom.